The number of urea groups is 1. The molecule has 1 atom stereocenters. The standard InChI is InChI=1S/C23H22BrN3O7/c1-32-20(28)17-18(21(29)33-2)26(13-14-7-5-4-6-8-14)27(19(17)22(30)34-3)23(31)25-16-11-9-15(24)10-12-16/h4-12,18H,13H2,1-3H3,(H,25,31). The lowest BCUT2D eigenvalue weighted by molar-refractivity contribution is -0.152. The van der Waals surface area contributed by atoms with Gasteiger partial charge in [0.15, 0.2) is 11.7 Å². The number of benzene rings is 2. The first kappa shape index (κ1) is 24.9. The number of ether oxygens (including phenoxy) is 3. The average Bonchev–Trinajstić information content (AvgIpc) is 3.19. The van der Waals surface area contributed by atoms with E-state index in [1.807, 2.05) is 0 Å². The summed E-state index contributed by atoms with van der Waals surface area (Å²) >= 11 is 3.32. The molecule has 2 aromatic carbocycles. The van der Waals surface area contributed by atoms with E-state index >= 15 is 0 Å². The van der Waals surface area contributed by atoms with Crippen LogP contribution in [-0.4, -0.2) is 61.3 Å². The van der Waals surface area contributed by atoms with Gasteiger partial charge in [-0.15, -0.1) is 0 Å². The fourth-order valence-corrected chi connectivity index (χ4v) is 3.72. The summed E-state index contributed by atoms with van der Waals surface area (Å²) in [7, 11) is 3.34. The van der Waals surface area contributed by atoms with E-state index in [0.29, 0.717) is 11.3 Å². The van der Waals surface area contributed by atoms with Gasteiger partial charge >= 0.3 is 23.9 Å². The fourth-order valence-electron chi connectivity index (χ4n) is 3.46. The molecule has 1 heterocycles. The van der Waals surface area contributed by atoms with Crippen molar-refractivity contribution in [3.63, 3.8) is 0 Å². The van der Waals surface area contributed by atoms with Crippen molar-refractivity contribution in [2.45, 2.75) is 12.6 Å². The quantitative estimate of drug-likeness (QED) is 0.447. The van der Waals surface area contributed by atoms with Crippen LogP contribution in [0.2, 0.25) is 0 Å². The van der Waals surface area contributed by atoms with Gasteiger partial charge in [-0.2, -0.15) is 5.01 Å². The first-order chi connectivity index (χ1) is 16.3. The molecule has 1 aliphatic rings. The molecule has 178 valence electrons. The molecule has 1 unspecified atom stereocenters. The molecule has 0 aromatic heterocycles. The van der Waals surface area contributed by atoms with Gasteiger partial charge < -0.3 is 19.5 Å². The molecule has 1 N–H and O–H groups in total. The van der Waals surface area contributed by atoms with Crippen molar-refractivity contribution in [2.24, 2.45) is 0 Å². The molecule has 11 heteroatoms. The summed E-state index contributed by atoms with van der Waals surface area (Å²) in [5.41, 5.74) is 0.296. The Hall–Kier alpha value is -3.70. The number of nitrogens with one attached hydrogen (secondary N) is 1. The van der Waals surface area contributed by atoms with Crippen LogP contribution in [-0.2, 0) is 35.1 Å². The van der Waals surface area contributed by atoms with E-state index in [0.717, 1.165) is 30.8 Å². The molecule has 0 spiro atoms. The summed E-state index contributed by atoms with van der Waals surface area (Å²) in [6.45, 7) is -0.0185. The monoisotopic (exact) mass is 531 g/mol. The molecule has 0 saturated carbocycles. The van der Waals surface area contributed by atoms with Crippen LogP contribution in [0.25, 0.3) is 0 Å². The summed E-state index contributed by atoms with van der Waals surface area (Å²) in [4.78, 5) is 51.9. The van der Waals surface area contributed by atoms with Crippen LogP contribution >= 0.6 is 15.9 Å². The normalized spacial score (nSPS) is 15.6. The highest BCUT2D eigenvalue weighted by atomic mass is 79.9. The van der Waals surface area contributed by atoms with Crippen molar-refractivity contribution < 1.29 is 33.4 Å². The second-order valence-corrected chi connectivity index (χ2v) is 7.92. The molecule has 2 amide bonds. The Bertz CT molecular complexity index is 1120. The molecule has 0 aliphatic carbocycles. The zero-order valence-electron chi connectivity index (χ0n) is 18.6. The number of halogens is 1. The lowest BCUT2D eigenvalue weighted by atomic mass is 10.1. The van der Waals surface area contributed by atoms with E-state index < -0.39 is 35.7 Å². The number of hydrazine groups is 1. The summed E-state index contributed by atoms with van der Waals surface area (Å²) < 4.78 is 15.4. The Morgan fingerprint density at radius 2 is 1.50 bits per heavy atom. The Morgan fingerprint density at radius 1 is 0.882 bits per heavy atom. The second kappa shape index (κ2) is 10.9. The maximum absolute atomic E-state index is 13.5. The molecule has 0 fully saturated rings. The van der Waals surface area contributed by atoms with Gasteiger partial charge in [-0.25, -0.2) is 24.2 Å². The van der Waals surface area contributed by atoms with Crippen LogP contribution in [0.3, 0.4) is 0 Å². The highest BCUT2D eigenvalue weighted by Gasteiger charge is 2.52. The Morgan fingerprint density at radius 3 is 2.06 bits per heavy atom. The van der Waals surface area contributed by atoms with Crippen molar-refractivity contribution in [1.82, 2.24) is 10.0 Å². The topological polar surface area (TPSA) is 114 Å². The van der Waals surface area contributed by atoms with E-state index in [1.165, 1.54) is 5.01 Å². The van der Waals surface area contributed by atoms with Gasteiger partial charge in [0.2, 0.25) is 0 Å². The molecule has 0 bridgehead atoms. The van der Waals surface area contributed by atoms with E-state index in [-0.39, 0.29) is 12.1 Å². The van der Waals surface area contributed by atoms with E-state index in [9.17, 15) is 19.2 Å². The summed E-state index contributed by atoms with van der Waals surface area (Å²) in [5.74, 6) is -2.85. The van der Waals surface area contributed by atoms with Crippen molar-refractivity contribution in [1.29, 1.82) is 0 Å². The molecule has 1 aliphatic heterocycles. The molecule has 10 nitrogen and oxygen atoms in total. The predicted molar refractivity (Wildman–Crippen MR) is 124 cm³/mol. The van der Waals surface area contributed by atoms with Gasteiger partial charge in [-0.1, -0.05) is 46.3 Å². The number of amides is 2. The molecular formula is C23H22BrN3O7. The van der Waals surface area contributed by atoms with E-state index in [1.54, 1.807) is 54.6 Å². The fraction of sp³-hybridized carbons (Fsp3) is 0.217. The minimum Gasteiger partial charge on any atom is -0.468 e. The van der Waals surface area contributed by atoms with Crippen LogP contribution < -0.4 is 5.32 Å². The highest BCUT2D eigenvalue weighted by molar-refractivity contribution is 9.10. The van der Waals surface area contributed by atoms with Crippen molar-refractivity contribution in [3.05, 3.63) is 75.9 Å². The predicted octanol–water partition coefficient (Wildman–Crippen LogP) is 2.86. The lowest BCUT2D eigenvalue weighted by Crippen LogP contribution is -2.51. The van der Waals surface area contributed by atoms with Gasteiger partial charge in [0.1, 0.15) is 5.57 Å². The Balaban J connectivity index is 2.16. The molecule has 0 radical (unpaired) electrons. The maximum Gasteiger partial charge on any atom is 0.357 e. The van der Waals surface area contributed by atoms with E-state index in [2.05, 4.69) is 21.2 Å². The zero-order chi connectivity index (χ0) is 24.8. The van der Waals surface area contributed by atoms with Crippen LogP contribution in [0, 0.1) is 0 Å². The number of rotatable bonds is 6. The Labute approximate surface area is 204 Å². The number of nitrogens with zero attached hydrogens (tertiary/aromatic N) is 2. The summed E-state index contributed by atoms with van der Waals surface area (Å²) in [6, 6.07) is 13.4. The number of anilines is 1. The van der Waals surface area contributed by atoms with Crippen LogP contribution in [0.1, 0.15) is 5.56 Å². The minimum atomic E-state index is -1.44. The number of carbonyl (C=O) groups is 4. The van der Waals surface area contributed by atoms with Gasteiger partial charge in [-0.05, 0) is 29.8 Å². The average molecular weight is 532 g/mol. The smallest absolute Gasteiger partial charge is 0.357 e. The largest absolute Gasteiger partial charge is 0.468 e. The maximum atomic E-state index is 13.5. The number of carbonyl (C=O) groups excluding carboxylic acids is 4. The van der Waals surface area contributed by atoms with Gasteiger partial charge in [0.05, 0.1) is 21.3 Å². The van der Waals surface area contributed by atoms with E-state index in [4.69, 9.17) is 14.2 Å². The van der Waals surface area contributed by atoms with Crippen molar-refractivity contribution in [3.8, 4) is 0 Å². The molecule has 34 heavy (non-hydrogen) atoms. The third-order valence-corrected chi connectivity index (χ3v) is 5.51. The molecule has 2 aromatic rings. The van der Waals surface area contributed by atoms with Crippen LogP contribution in [0.4, 0.5) is 10.5 Å². The molecule has 3 rings (SSSR count). The van der Waals surface area contributed by atoms with Gasteiger partial charge in [-0.3, -0.25) is 0 Å². The lowest BCUT2D eigenvalue weighted by Gasteiger charge is -2.32. The number of methoxy groups -OCH3 is 3. The second-order valence-electron chi connectivity index (χ2n) is 7.00. The summed E-state index contributed by atoms with van der Waals surface area (Å²) in [5, 5.41) is 4.84. The number of esters is 3. The van der Waals surface area contributed by atoms with Crippen LogP contribution in [0.5, 0.6) is 0 Å². The SMILES string of the molecule is COC(=O)C1=C(C(=O)OC)N(C(=O)Nc2ccc(Br)cc2)N(Cc2ccccc2)C1C(=O)OC. The minimum absolute atomic E-state index is 0.0185. The first-order valence-electron chi connectivity index (χ1n) is 9.98. The highest BCUT2D eigenvalue weighted by Crippen LogP contribution is 2.34. The third kappa shape index (κ3) is 5.10. The van der Waals surface area contributed by atoms with Gasteiger partial charge in [0, 0.05) is 16.7 Å². The number of hydrogen-bond acceptors (Lipinski definition) is 8. The zero-order valence-corrected chi connectivity index (χ0v) is 20.2. The number of hydrogen-bond donors (Lipinski definition) is 1. The Kier molecular flexibility index (Phi) is 8.03. The third-order valence-electron chi connectivity index (χ3n) is 4.98. The summed E-state index contributed by atoms with van der Waals surface area (Å²) in [6.07, 6.45) is 0. The van der Waals surface area contributed by atoms with Crippen molar-refractivity contribution >= 4 is 45.6 Å². The molecule has 0 saturated heterocycles. The molecular weight excluding hydrogens is 510 g/mol. The van der Waals surface area contributed by atoms with Gasteiger partial charge in [0.25, 0.3) is 0 Å². The first-order valence-corrected chi connectivity index (χ1v) is 10.8. The van der Waals surface area contributed by atoms with Crippen molar-refractivity contribution in [2.75, 3.05) is 26.6 Å². The van der Waals surface area contributed by atoms with Crippen LogP contribution in [0.15, 0.2) is 70.3 Å².